The molecule has 0 amide bonds. The Kier molecular flexibility index (Phi) is 5.90. The van der Waals surface area contributed by atoms with Crippen LogP contribution in [0.15, 0.2) is 70.1 Å². The minimum Gasteiger partial charge on any atom is -1.00 e. The second-order valence-electron chi connectivity index (χ2n) is 6.12. The van der Waals surface area contributed by atoms with Crippen LogP contribution in [0.5, 0.6) is 0 Å². The van der Waals surface area contributed by atoms with Gasteiger partial charge in [0.05, 0.1) is 16.9 Å². The van der Waals surface area contributed by atoms with Crippen LogP contribution in [-0.2, 0) is 0 Å². The standard InChI is InChI=1S/C22H17N3OS.ClH/c1-23-14-7-9-17-20(11-14)26-21-12-15(24-2)8-10-18(21)22(17)16-5-3-4-6-19(16)25-13-27;/h3-12,23H,1-2H3;1H. The average Bonchev–Trinajstić information content (AvgIpc) is 2.72. The van der Waals surface area contributed by atoms with E-state index in [9.17, 15) is 0 Å². The lowest BCUT2D eigenvalue weighted by Gasteiger charge is -2.16. The first-order valence-corrected chi connectivity index (χ1v) is 9.02. The SMILES string of the molecule is CNc1ccc2c(-c3ccccc3N=C=S)c3ccc(=[NH+]C)cc-3oc2c1.[Cl-]. The van der Waals surface area contributed by atoms with Crippen LogP contribution >= 0.6 is 12.2 Å². The van der Waals surface area contributed by atoms with Gasteiger partial charge in [-0.05, 0) is 36.5 Å². The Balaban J connectivity index is 0.00000225. The third-order valence-corrected chi connectivity index (χ3v) is 4.73. The monoisotopic (exact) mass is 407 g/mol. The van der Waals surface area contributed by atoms with Crippen molar-refractivity contribution in [1.82, 2.24) is 0 Å². The van der Waals surface area contributed by atoms with Gasteiger partial charge in [-0.2, -0.15) is 4.99 Å². The first kappa shape index (κ1) is 19.8. The Hall–Kier alpha value is -2.98. The fraction of sp³-hybridized carbons (Fsp3) is 0.0909. The molecule has 0 bridgehead atoms. The van der Waals surface area contributed by atoms with Crippen LogP contribution in [0, 0.1) is 0 Å². The lowest BCUT2D eigenvalue weighted by atomic mass is 9.92. The number of thiocarbonyl (C=S) groups is 1. The Bertz CT molecular complexity index is 1240. The molecule has 2 N–H and O–H groups in total. The topological polar surface area (TPSA) is 51.5 Å². The van der Waals surface area contributed by atoms with E-state index in [1.165, 1.54) is 0 Å². The van der Waals surface area contributed by atoms with E-state index in [-0.39, 0.29) is 12.4 Å². The van der Waals surface area contributed by atoms with Crippen molar-refractivity contribution in [2.75, 3.05) is 19.4 Å². The molecule has 0 saturated carbocycles. The largest absolute Gasteiger partial charge is 1.00 e. The Morgan fingerprint density at radius 1 is 1.04 bits per heavy atom. The van der Waals surface area contributed by atoms with Gasteiger partial charge in [0.25, 0.3) is 0 Å². The number of hydrogen-bond donors (Lipinski definition) is 2. The molecule has 4 nitrogen and oxygen atoms in total. The molecule has 0 atom stereocenters. The minimum atomic E-state index is 0. The normalized spacial score (nSPS) is 11.1. The number of nitrogens with zero attached hydrogens (tertiary/aromatic N) is 1. The van der Waals surface area contributed by atoms with Gasteiger partial charge in [0.1, 0.15) is 18.4 Å². The summed E-state index contributed by atoms with van der Waals surface area (Å²) in [6, 6.07) is 20.2. The summed E-state index contributed by atoms with van der Waals surface area (Å²) < 4.78 is 6.25. The molecule has 6 heteroatoms. The number of aliphatic imine (C=N–C) groups is 1. The number of halogens is 1. The van der Waals surface area contributed by atoms with E-state index in [1.54, 1.807) is 0 Å². The molecule has 2 aromatic carbocycles. The second kappa shape index (κ2) is 8.36. The van der Waals surface area contributed by atoms with Crippen LogP contribution < -0.4 is 28.1 Å². The molecule has 2 aromatic rings. The summed E-state index contributed by atoms with van der Waals surface area (Å²) in [6.07, 6.45) is 0. The Morgan fingerprint density at radius 2 is 1.86 bits per heavy atom. The molecule has 4 rings (SSSR count). The first-order chi connectivity index (χ1) is 13.2. The summed E-state index contributed by atoms with van der Waals surface area (Å²) in [5.74, 6) is 0.804. The Morgan fingerprint density at radius 3 is 2.61 bits per heavy atom. The number of isothiocyanates is 1. The zero-order valence-electron chi connectivity index (χ0n) is 15.4. The summed E-state index contributed by atoms with van der Waals surface area (Å²) >= 11 is 4.85. The van der Waals surface area contributed by atoms with Crippen LogP contribution in [0.2, 0.25) is 0 Å². The minimum absolute atomic E-state index is 0. The van der Waals surface area contributed by atoms with Crippen molar-refractivity contribution < 1.29 is 21.8 Å². The summed E-state index contributed by atoms with van der Waals surface area (Å²) in [7, 11) is 3.79. The van der Waals surface area contributed by atoms with Gasteiger partial charge in [-0.3, -0.25) is 0 Å². The summed E-state index contributed by atoms with van der Waals surface area (Å²) in [4.78, 5) is 7.44. The molecule has 140 valence electrons. The lowest BCUT2D eigenvalue weighted by molar-refractivity contribution is -0.465. The molecular weight excluding hydrogens is 390 g/mol. The second-order valence-corrected chi connectivity index (χ2v) is 6.30. The van der Waals surface area contributed by atoms with Crippen molar-refractivity contribution in [3.63, 3.8) is 0 Å². The van der Waals surface area contributed by atoms with Gasteiger partial charge in [0, 0.05) is 46.9 Å². The number of hydrogen-bond acceptors (Lipinski definition) is 4. The van der Waals surface area contributed by atoms with Gasteiger partial charge in [0.2, 0.25) is 5.36 Å². The van der Waals surface area contributed by atoms with Crippen LogP contribution in [0.25, 0.3) is 33.4 Å². The molecule has 1 aliphatic heterocycles. The third kappa shape index (κ3) is 3.43. The maximum absolute atomic E-state index is 6.25. The van der Waals surface area contributed by atoms with Crippen molar-refractivity contribution in [2.45, 2.75) is 0 Å². The molecule has 0 saturated heterocycles. The molecule has 1 heterocycles. The first-order valence-electron chi connectivity index (χ1n) is 8.61. The van der Waals surface area contributed by atoms with Gasteiger partial charge >= 0.3 is 0 Å². The zero-order chi connectivity index (χ0) is 18.8. The summed E-state index contributed by atoms with van der Waals surface area (Å²) in [6.45, 7) is 0. The van der Waals surface area contributed by atoms with Gasteiger partial charge in [-0.1, -0.05) is 18.2 Å². The van der Waals surface area contributed by atoms with Crippen LogP contribution in [-0.4, -0.2) is 19.3 Å². The predicted molar refractivity (Wildman–Crippen MR) is 113 cm³/mol. The highest BCUT2D eigenvalue weighted by Gasteiger charge is 2.19. The van der Waals surface area contributed by atoms with Crippen LogP contribution in [0.1, 0.15) is 0 Å². The molecular formula is C22H18ClN3OS. The number of anilines is 1. The highest BCUT2D eigenvalue weighted by Crippen LogP contribution is 2.43. The van der Waals surface area contributed by atoms with Crippen LogP contribution in [0.4, 0.5) is 11.4 Å². The van der Waals surface area contributed by atoms with E-state index in [1.807, 2.05) is 56.6 Å². The van der Waals surface area contributed by atoms with E-state index in [0.29, 0.717) is 0 Å². The third-order valence-electron chi connectivity index (χ3n) is 4.64. The van der Waals surface area contributed by atoms with E-state index in [4.69, 9.17) is 16.6 Å². The number of rotatable bonds is 3. The number of fused-ring (bicyclic) bond motifs is 2. The van der Waals surface area contributed by atoms with Gasteiger partial charge < -0.3 is 22.1 Å². The van der Waals surface area contributed by atoms with E-state index in [0.717, 1.165) is 50.2 Å². The lowest BCUT2D eigenvalue weighted by Crippen LogP contribution is -3.00. The molecule has 2 aliphatic rings. The van der Waals surface area contributed by atoms with Crippen molar-refractivity contribution in [1.29, 1.82) is 0 Å². The smallest absolute Gasteiger partial charge is 0.201 e. The quantitative estimate of drug-likeness (QED) is 0.297. The molecule has 0 unspecified atom stereocenters. The predicted octanol–water partition coefficient (Wildman–Crippen LogP) is 0.596. The molecule has 0 fully saturated rings. The van der Waals surface area contributed by atoms with E-state index < -0.39 is 0 Å². The van der Waals surface area contributed by atoms with Crippen molar-refractivity contribution in [3.8, 4) is 22.5 Å². The van der Waals surface area contributed by atoms with Crippen molar-refractivity contribution in [2.24, 2.45) is 4.99 Å². The summed E-state index contributed by atoms with van der Waals surface area (Å²) in [5.41, 5.74) is 5.67. The maximum atomic E-state index is 6.25. The van der Waals surface area contributed by atoms with Crippen molar-refractivity contribution in [3.05, 3.63) is 66.0 Å². The highest BCUT2D eigenvalue weighted by molar-refractivity contribution is 7.78. The molecule has 0 spiro atoms. The molecule has 0 aromatic heterocycles. The molecule has 1 aliphatic carbocycles. The Labute approximate surface area is 174 Å². The van der Waals surface area contributed by atoms with Gasteiger partial charge in [-0.15, -0.1) is 0 Å². The maximum Gasteiger partial charge on any atom is 0.201 e. The number of para-hydroxylation sites is 1. The average molecular weight is 408 g/mol. The fourth-order valence-electron chi connectivity index (χ4n) is 3.32. The van der Waals surface area contributed by atoms with Crippen molar-refractivity contribution >= 4 is 39.7 Å². The fourth-order valence-corrected chi connectivity index (χ4v) is 3.42. The molecule has 0 radical (unpaired) electrons. The van der Waals surface area contributed by atoms with E-state index in [2.05, 4.69) is 38.7 Å². The summed E-state index contributed by atoms with van der Waals surface area (Å²) in [5, 5.41) is 7.67. The number of benzene rings is 3. The van der Waals surface area contributed by atoms with E-state index >= 15 is 0 Å². The van der Waals surface area contributed by atoms with Gasteiger partial charge in [-0.25, -0.2) is 4.99 Å². The highest BCUT2D eigenvalue weighted by atomic mass is 35.5. The van der Waals surface area contributed by atoms with Crippen LogP contribution in [0.3, 0.4) is 0 Å². The molecule has 28 heavy (non-hydrogen) atoms. The zero-order valence-corrected chi connectivity index (χ0v) is 17.0. The van der Waals surface area contributed by atoms with Gasteiger partial charge in [0.15, 0.2) is 0 Å². The number of nitrogens with one attached hydrogen (secondary N) is 2.